The molecule has 0 saturated heterocycles. The van der Waals surface area contributed by atoms with Crippen LogP contribution in [0.25, 0.3) is 0 Å². The minimum Gasteiger partial charge on any atom is -0.362 e. The van der Waals surface area contributed by atoms with Crippen LogP contribution in [-0.2, 0) is 10.0 Å². The summed E-state index contributed by atoms with van der Waals surface area (Å²) in [5, 5.41) is 3.90. The van der Waals surface area contributed by atoms with Crippen molar-refractivity contribution in [2.45, 2.75) is 49.6 Å². The number of aryl methyl sites for hydroxylation is 1. The van der Waals surface area contributed by atoms with Crippen LogP contribution in [0.4, 0.5) is 11.8 Å². The Morgan fingerprint density at radius 3 is 2.29 bits per heavy atom. The van der Waals surface area contributed by atoms with Gasteiger partial charge in [0.25, 0.3) is 0 Å². The maximum atomic E-state index is 12.5. The molecule has 7 nitrogen and oxygen atoms in total. The molecule has 1 aromatic heterocycles. The Hall–Kier alpha value is -1.90. The number of sulfonamides is 1. The SMILES string of the molecule is Cc1cnc(NC2CCC(NS(=O)(=O)c3ccc(Cl)cc3)CC2)nc1N(C)C. The van der Waals surface area contributed by atoms with Gasteiger partial charge in [0, 0.05) is 43.0 Å². The monoisotopic (exact) mass is 423 g/mol. The lowest BCUT2D eigenvalue weighted by atomic mass is 9.92. The second-order valence-corrected chi connectivity index (χ2v) is 9.51. The third-order valence-electron chi connectivity index (χ3n) is 4.87. The molecule has 0 radical (unpaired) electrons. The van der Waals surface area contributed by atoms with Gasteiger partial charge in [-0.25, -0.2) is 18.1 Å². The molecule has 1 saturated carbocycles. The normalized spacial score (nSPS) is 20.0. The van der Waals surface area contributed by atoms with Gasteiger partial charge in [-0.05, 0) is 56.9 Å². The second-order valence-electron chi connectivity index (χ2n) is 7.36. The summed E-state index contributed by atoms with van der Waals surface area (Å²) >= 11 is 5.84. The van der Waals surface area contributed by atoms with Crippen molar-refractivity contribution in [2.24, 2.45) is 0 Å². The van der Waals surface area contributed by atoms with Gasteiger partial charge in [-0.3, -0.25) is 0 Å². The molecule has 9 heteroatoms. The zero-order valence-electron chi connectivity index (χ0n) is 16.3. The summed E-state index contributed by atoms with van der Waals surface area (Å²) in [5.74, 6) is 1.50. The molecule has 0 unspecified atom stereocenters. The minimum atomic E-state index is -3.53. The van der Waals surface area contributed by atoms with Crippen molar-refractivity contribution in [1.82, 2.24) is 14.7 Å². The number of hydrogen-bond acceptors (Lipinski definition) is 6. The zero-order valence-corrected chi connectivity index (χ0v) is 17.9. The molecule has 3 rings (SSSR count). The lowest BCUT2D eigenvalue weighted by molar-refractivity contribution is 0.386. The van der Waals surface area contributed by atoms with Crippen LogP contribution in [0.1, 0.15) is 31.2 Å². The Bertz CT molecular complexity index is 910. The summed E-state index contributed by atoms with van der Waals surface area (Å²) in [6, 6.07) is 6.37. The molecule has 1 aliphatic carbocycles. The Kier molecular flexibility index (Phi) is 6.42. The van der Waals surface area contributed by atoms with Crippen LogP contribution in [0.5, 0.6) is 0 Å². The number of benzene rings is 1. The summed E-state index contributed by atoms with van der Waals surface area (Å²) in [7, 11) is 0.379. The van der Waals surface area contributed by atoms with Gasteiger partial charge in [-0.2, -0.15) is 4.98 Å². The molecule has 152 valence electrons. The first kappa shape index (κ1) is 20.8. The topological polar surface area (TPSA) is 87.2 Å². The van der Waals surface area contributed by atoms with E-state index in [9.17, 15) is 8.42 Å². The van der Waals surface area contributed by atoms with E-state index in [1.54, 1.807) is 12.1 Å². The van der Waals surface area contributed by atoms with E-state index in [1.165, 1.54) is 12.1 Å². The standard InChI is InChI=1S/C19H26ClN5O2S/c1-13-12-21-19(23-18(13)25(2)3)22-15-6-8-16(9-7-15)24-28(26,27)17-10-4-14(20)5-11-17/h4-5,10-12,15-16,24H,6-9H2,1-3H3,(H,21,22,23). The fourth-order valence-corrected chi connectivity index (χ4v) is 4.83. The number of nitrogens with one attached hydrogen (secondary N) is 2. The molecule has 0 spiro atoms. The summed E-state index contributed by atoms with van der Waals surface area (Å²) in [4.78, 5) is 11.1. The minimum absolute atomic E-state index is 0.0741. The largest absolute Gasteiger partial charge is 0.362 e. The average molecular weight is 424 g/mol. The number of aromatic nitrogens is 2. The van der Waals surface area contributed by atoms with E-state index in [4.69, 9.17) is 11.6 Å². The van der Waals surface area contributed by atoms with E-state index in [1.807, 2.05) is 32.1 Å². The number of nitrogens with zero attached hydrogens (tertiary/aromatic N) is 3. The smallest absolute Gasteiger partial charge is 0.240 e. The highest BCUT2D eigenvalue weighted by molar-refractivity contribution is 7.89. The van der Waals surface area contributed by atoms with Crippen LogP contribution < -0.4 is 14.9 Å². The molecule has 1 fully saturated rings. The summed E-state index contributed by atoms with van der Waals surface area (Å²) in [6.07, 6.45) is 5.04. The first-order chi connectivity index (χ1) is 13.2. The molecule has 0 aliphatic heterocycles. The van der Waals surface area contributed by atoms with Crippen molar-refractivity contribution in [3.8, 4) is 0 Å². The molecule has 2 N–H and O–H groups in total. The van der Waals surface area contributed by atoms with Crippen molar-refractivity contribution in [3.05, 3.63) is 41.0 Å². The summed E-state index contributed by atoms with van der Waals surface area (Å²) < 4.78 is 27.9. The predicted molar refractivity (Wildman–Crippen MR) is 113 cm³/mol. The lowest BCUT2D eigenvalue weighted by Gasteiger charge is -2.29. The zero-order chi connectivity index (χ0) is 20.3. The maximum Gasteiger partial charge on any atom is 0.240 e. The van der Waals surface area contributed by atoms with Crippen molar-refractivity contribution in [2.75, 3.05) is 24.3 Å². The first-order valence-corrected chi connectivity index (χ1v) is 11.2. The van der Waals surface area contributed by atoms with Crippen LogP contribution in [-0.4, -0.2) is 44.6 Å². The van der Waals surface area contributed by atoms with E-state index >= 15 is 0 Å². The van der Waals surface area contributed by atoms with Gasteiger partial charge >= 0.3 is 0 Å². The van der Waals surface area contributed by atoms with Gasteiger partial charge < -0.3 is 10.2 Å². The van der Waals surface area contributed by atoms with Crippen molar-refractivity contribution < 1.29 is 8.42 Å². The van der Waals surface area contributed by atoms with Gasteiger partial charge in [-0.1, -0.05) is 11.6 Å². The highest BCUT2D eigenvalue weighted by Crippen LogP contribution is 2.24. The van der Waals surface area contributed by atoms with Crippen molar-refractivity contribution in [1.29, 1.82) is 0 Å². The van der Waals surface area contributed by atoms with Gasteiger partial charge in [0.1, 0.15) is 5.82 Å². The number of anilines is 2. The van der Waals surface area contributed by atoms with E-state index in [0.29, 0.717) is 11.0 Å². The quantitative estimate of drug-likeness (QED) is 0.741. The number of halogens is 1. The Morgan fingerprint density at radius 1 is 1.07 bits per heavy atom. The Balaban J connectivity index is 1.56. The van der Waals surface area contributed by atoms with E-state index in [2.05, 4.69) is 20.0 Å². The molecule has 0 bridgehead atoms. The second kappa shape index (κ2) is 8.63. The predicted octanol–water partition coefficient (Wildman–Crippen LogP) is 3.21. The van der Waals surface area contributed by atoms with E-state index in [0.717, 1.165) is 37.1 Å². The molecule has 0 atom stereocenters. The summed E-state index contributed by atoms with van der Waals surface area (Å²) in [6.45, 7) is 1.98. The van der Waals surface area contributed by atoms with Crippen LogP contribution in [0, 0.1) is 6.92 Å². The Morgan fingerprint density at radius 2 is 1.68 bits per heavy atom. The molecule has 2 aromatic rings. The van der Waals surface area contributed by atoms with Gasteiger partial charge in [0.05, 0.1) is 4.90 Å². The lowest BCUT2D eigenvalue weighted by Crippen LogP contribution is -2.40. The van der Waals surface area contributed by atoms with E-state index < -0.39 is 10.0 Å². The van der Waals surface area contributed by atoms with Gasteiger partial charge in [-0.15, -0.1) is 0 Å². The van der Waals surface area contributed by atoms with Crippen molar-refractivity contribution in [3.63, 3.8) is 0 Å². The molecule has 0 amide bonds. The van der Waals surface area contributed by atoms with Crippen LogP contribution in [0.15, 0.2) is 35.4 Å². The molecule has 1 heterocycles. The average Bonchev–Trinajstić information content (AvgIpc) is 2.65. The molecular weight excluding hydrogens is 398 g/mol. The molecular formula is C19H26ClN5O2S. The molecule has 1 aliphatic rings. The Labute approximate surface area is 171 Å². The number of hydrogen-bond donors (Lipinski definition) is 2. The summed E-state index contributed by atoms with van der Waals surface area (Å²) in [5.41, 5.74) is 1.02. The number of rotatable bonds is 6. The fourth-order valence-electron chi connectivity index (χ4n) is 3.39. The fraction of sp³-hybridized carbons (Fsp3) is 0.474. The van der Waals surface area contributed by atoms with E-state index in [-0.39, 0.29) is 17.0 Å². The third kappa shape index (κ3) is 5.12. The van der Waals surface area contributed by atoms with Crippen LogP contribution >= 0.6 is 11.6 Å². The van der Waals surface area contributed by atoms with Gasteiger partial charge in [0.15, 0.2) is 0 Å². The molecule has 28 heavy (non-hydrogen) atoms. The maximum absolute atomic E-state index is 12.5. The molecule has 1 aromatic carbocycles. The first-order valence-electron chi connectivity index (χ1n) is 9.30. The van der Waals surface area contributed by atoms with Crippen LogP contribution in [0.3, 0.4) is 0 Å². The van der Waals surface area contributed by atoms with Crippen molar-refractivity contribution >= 4 is 33.4 Å². The van der Waals surface area contributed by atoms with Crippen LogP contribution in [0.2, 0.25) is 5.02 Å². The highest BCUT2D eigenvalue weighted by Gasteiger charge is 2.26. The highest BCUT2D eigenvalue weighted by atomic mass is 35.5. The third-order valence-corrected chi connectivity index (χ3v) is 6.66. The van der Waals surface area contributed by atoms with Gasteiger partial charge in [0.2, 0.25) is 16.0 Å².